The zero-order valence-corrected chi connectivity index (χ0v) is 25.5. The second-order valence-corrected chi connectivity index (χ2v) is 11.9. The summed E-state index contributed by atoms with van der Waals surface area (Å²) in [5.41, 5.74) is 6.95. The van der Waals surface area contributed by atoms with Crippen molar-refractivity contribution in [1.82, 2.24) is 14.8 Å². The summed E-state index contributed by atoms with van der Waals surface area (Å²) in [6.07, 6.45) is 3.40. The van der Waals surface area contributed by atoms with Crippen molar-refractivity contribution in [2.45, 2.75) is 72.4 Å². The fourth-order valence-electron chi connectivity index (χ4n) is 5.43. The molecule has 0 radical (unpaired) electrons. The molecule has 0 aliphatic rings. The van der Waals surface area contributed by atoms with E-state index in [2.05, 4.69) is 57.0 Å². The van der Waals surface area contributed by atoms with E-state index in [-0.39, 0.29) is 17.9 Å². The number of nitrogens with one attached hydrogen (secondary N) is 1. The minimum atomic E-state index is -1.01. The van der Waals surface area contributed by atoms with E-state index in [1.165, 1.54) is 10.1 Å². The van der Waals surface area contributed by atoms with Crippen molar-refractivity contribution < 1.29 is 14.7 Å². The molecule has 1 aromatic heterocycles. The lowest BCUT2D eigenvalue weighted by Crippen LogP contribution is -2.39. The summed E-state index contributed by atoms with van der Waals surface area (Å²) in [6, 6.07) is 14.0. The minimum Gasteiger partial charge on any atom is -0.481 e. The largest absolute Gasteiger partial charge is 0.481 e. The van der Waals surface area contributed by atoms with Gasteiger partial charge in [0.15, 0.2) is 0 Å². The molecule has 41 heavy (non-hydrogen) atoms. The summed E-state index contributed by atoms with van der Waals surface area (Å²) < 4.78 is 1.49. The zero-order valence-electron chi connectivity index (χ0n) is 25.5. The van der Waals surface area contributed by atoms with Gasteiger partial charge in [-0.2, -0.15) is 0 Å². The molecule has 2 atom stereocenters. The second-order valence-electron chi connectivity index (χ2n) is 11.9. The topological polar surface area (TPSA) is 91.6 Å². The Morgan fingerprint density at radius 1 is 0.976 bits per heavy atom. The van der Waals surface area contributed by atoms with Gasteiger partial charge in [-0.15, -0.1) is 0 Å². The maximum Gasteiger partial charge on any atom is 0.305 e. The Kier molecular flexibility index (Phi) is 11.1. The van der Waals surface area contributed by atoms with Crippen LogP contribution in [0.5, 0.6) is 0 Å². The number of carboxylic acid groups (broad SMARTS) is 1. The lowest BCUT2D eigenvalue weighted by Gasteiger charge is -2.25. The number of hydrogen-bond acceptors (Lipinski definition) is 4. The van der Waals surface area contributed by atoms with Gasteiger partial charge in [-0.05, 0) is 106 Å². The Morgan fingerprint density at radius 2 is 1.66 bits per heavy atom. The Bertz CT molecular complexity index is 1400. The van der Waals surface area contributed by atoms with Crippen molar-refractivity contribution in [3.8, 4) is 11.1 Å². The van der Waals surface area contributed by atoms with Crippen LogP contribution in [0.2, 0.25) is 0 Å². The molecule has 3 aromatic rings. The van der Waals surface area contributed by atoms with Gasteiger partial charge in [-0.1, -0.05) is 49.7 Å². The number of aryl methyl sites for hydroxylation is 3. The molecule has 1 heterocycles. The molecule has 0 spiro atoms. The first-order chi connectivity index (χ1) is 19.3. The standard InChI is InChI=1S/C34H45N3O4/c1-22(2)11-12-30(37-16-14-26(19-31(37)38)13-15-36(6)7)34(41)35-29(21-32(39)40)27-9-8-10-28(20-27)33-24(4)17-23(3)18-25(33)5/h8-10,14,16-20,22,29-30H,11-13,15,21H2,1-7H3,(H,35,41)(H,39,40)/t29-,30+/m0/s1. The Balaban J connectivity index is 1.95. The number of benzene rings is 2. The van der Waals surface area contributed by atoms with E-state index in [0.29, 0.717) is 17.9 Å². The van der Waals surface area contributed by atoms with Crippen molar-refractivity contribution in [3.05, 3.63) is 92.9 Å². The van der Waals surface area contributed by atoms with Crippen LogP contribution in [0.4, 0.5) is 0 Å². The quantitative estimate of drug-likeness (QED) is 0.274. The van der Waals surface area contributed by atoms with Gasteiger partial charge in [0.05, 0.1) is 12.5 Å². The molecule has 7 heteroatoms. The zero-order chi connectivity index (χ0) is 30.3. The molecule has 0 aliphatic heterocycles. The van der Waals surface area contributed by atoms with Gasteiger partial charge >= 0.3 is 5.97 Å². The van der Waals surface area contributed by atoms with Crippen LogP contribution < -0.4 is 10.9 Å². The number of aromatic nitrogens is 1. The molecule has 2 aromatic carbocycles. The van der Waals surface area contributed by atoms with Crippen LogP contribution in [0.15, 0.2) is 59.5 Å². The minimum absolute atomic E-state index is 0.229. The first-order valence-corrected chi connectivity index (χ1v) is 14.4. The normalized spacial score (nSPS) is 12.9. The average molecular weight is 560 g/mol. The van der Waals surface area contributed by atoms with Crippen molar-refractivity contribution in [1.29, 1.82) is 0 Å². The van der Waals surface area contributed by atoms with Gasteiger partial charge in [0.1, 0.15) is 6.04 Å². The molecule has 1 amide bonds. The van der Waals surface area contributed by atoms with Gasteiger partial charge in [0.2, 0.25) is 5.91 Å². The lowest BCUT2D eigenvalue weighted by atomic mass is 9.91. The van der Waals surface area contributed by atoms with Crippen LogP contribution in [-0.4, -0.2) is 47.1 Å². The molecule has 0 fully saturated rings. The predicted octanol–water partition coefficient (Wildman–Crippen LogP) is 5.85. The van der Waals surface area contributed by atoms with Crippen LogP contribution in [0.3, 0.4) is 0 Å². The number of nitrogens with zero attached hydrogens (tertiary/aromatic N) is 2. The van der Waals surface area contributed by atoms with Crippen molar-refractivity contribution in [3.63, 3.8) is 0 Å². The highest BCUT2D eigenvalue weighted by atomic mass is 16.4. The summed E-state index contributed by atoms with van der Waals surface area (Å²) in [7, 11) is 3.97. The molecule has 0 bridgehead atoms. The maximum absolute atomic E-state index is 13.8. The van der Waals surface area contributed by atoms with E-state index in [0.717, 1.165) is 47.2 Å². The van der Waals surface area contributed by atoms with Crippen molar-refractivity contribution in [2.75, 3.05) is 20.6 Å². The third-order valence-electron chi connectivity index (χ3n) is 7.47. The monoisotopic (exact) mass is 559 g/mol. The first kappa shape index (κ1) is 31.8. The second kappa shape index (κ2) is 14.3. The molecule has 0 saturated carbocycles. The summed E-state index contributed by atoms with van der Waals surface area (Å²) in [5.74, 6) is -1.02. The van der Waals surface area contributed by atoms with Crippen LogP contribution >= 0.6 is 0 Å². The number of carbonyl (C=O) groups excluding carboxylic acids is 1. The highest BCUT2D eigenvalue weighted by molar-refractivity contribution is 5.82. The molecule has 3 rings (SSSR count). The van der Waals surface area contributed by atoms with Gasteiger partial charge in [0, 0.05) is 18.8 Å². The number of likely N-dealkylation sites (N-methyl/N-ethyl adjacent to an activating group) is 1. The number of aliphatic carboxylic acids is 1. The highest BCUT2D eigenvalue weighted by Crippen LogP contribution is 2.31. The lowest BCUT2D eigenvalue weighted by molar-refractivity contribution is -0.138. The average Bonchev–Trinajstić information content (AvgIpc) is 2.87. The summed E-state index contributed by atoms with van der Waals surface area (Å²) in [5, 5.41) is 12.7. The molecule has 0 aliphatic carbocycles. The fraction of sp³-hybridized carbons (Fsp3) is 0.441. The van der Waals surface area contributed by atoms with Crippen LogP contribution in [0, 0.1) is 26.7 Å². The molecule has 7 nitrogen and oxygen atoms in total. The van der Waals surface area contributed by atoms with E-state index in [4.69, 9.17) is 0 Å². The van der Waals surface area contributed by atoms with Crippen LogP contribution in [0.1, 0.15) is 73.0 Å². The van der Waals surface area contributed by atoms with Crippen LogP contribution in [0.25, 0.3) is 11.1 Å². The number of hydrogen-bond donors (Lipinski definition) is 2. The molecule has 0 unspecified atom stereocenters. The van der Waals surface area contributed by atoms with E-state index < -0.39 is 18.1 Å². The van der Waals surface area contributed by atoms with Gasteiger partial charge in [-0.25, -0.2) is 0 Å². The smallest absolute Gasteiger partial charge is 0.305 e. The third-order valence-corrected chi connectivity index (χ3v) is 7.47. The number of pyridine rings is 1. The summed E-state index contributed by atoms with van der Waals surface area (Å²) in [4.78, 5) is 40.9. The molecule has 220 valence electrons. The third kappa shape index (κ3) is 8.89. The van der Waals surface area contributed by atoms with Crippen molar-refractivity contribution >= 4 is 11.9 Å². The maximum atomic E-state index is 13.8. The summed E-state index contributed by atoms with van der Waals surface area (Å²) >= 11 is 0. The van der Waals surface area contributed by atoms with Gasteiger partial charge in [0.25, 0.3) is 5.56 Å². The molecular weight excluding hydrogens is 514 g/mol. The Labute approximate surface area is 244 Å². The van der Waals surface area contributed by atoms with E-state index in [9.17, 15) is 19.5 Å². The number of rotatable bonds is 13. The number of carboxylic acids is 1. The van der Waals surface area contributed by atoms with Crippen molar-refractivity contribution in [2.24, 2.45) is 5.92 Å². The number of carbonyl (C=O) groups is 2. The number of amides is 1. The molecular formula is C34H45N3O4. The first-order valence-electron chi connectivity index (χ1n) is 14.4. The van der Waals surface area contributed by atoms with Gasteiger partial charge < -0.3 is 19.9 Å². The predicted molar refractivity (Wildman–Crippen MR) is 165 cm³/mol. The van der Waals surface area contributed by atoms with Crippen LogP contribution in [-0.2, 0) is 16.0 Å². The van der Waals surface area contributed by atoms with Gasteiger partial charge in [-0.3, -0.25) is 14.4 Å². The summed E-state index contributed by atoms with van der Waals surface area (Å²) in [6.45, 7) is 11.2. The fourth-order valence-corrected chi connectivity index (χ4v) is 5.43. The Morgan fingerprint density at radius 3 is 2.24 bits per heavy atom. The van der Waals surface area contributed by atoms with E-state index in [1.54, 1.807) is 12.3 Å². The SMILES string of the molecule is Cc1cc(C)c(-c2cccc([C@H](CC(=O)O)NC(=O)[C@@H](CCC(C)C)n3ccc(CCN(C)C)cc3=O)c2)c(C)c1. The van der Waals surface area contributed by atoms with E-state index in [1.807, 2.05) is 44.4 Å². The highest BCUT2D eigenvalue weighted by Gasteiger charge is 2.26. The molecule has 0 saturated heterocycles. The molecule has 2 N–H and O–H groups in total. The van der Waals surface area contributed by atoms with E-state index >= 15 is 0 Å². The Hall–Kier alpha value is -3.71.